The van der Waals surface area contributed by atoms with Crippen molar-refractivity contribution >= 4 is 31.7 Å². The Bertz CT molecular complexity index is 829. The lowest BCUT2D eigenvalue weighted by molar-refractivity contribution is -0.116. The van der Waals surface area contributed by atoms with Crippen molar-refractivity contribution in [2.75, 3.05) is 6.54 Å². The Morgan fingerprint density at radius 1 is 1.04 bits per heavy atom. The number of hydrogen-bond donors (Lipinski definition) is 0. The van der Waals surface area contributed by atoms with Gasteiger partial charge in [0.25, 0.3) is 0 Å². The fraction of sp³-hybridized carbons (Fsp3) is 0.235. The summed E-state index contributed by atoms with van der Waals surface area (Å²) in [6.45, 7) is 1.83. The van der Waals surface area contributed by atoms with E-state index in [1.165, 1.54) is 4.31 Å². The molecule has 1 fully saturated rings. The van der Waals surface area contributed by atoms with Crippen molar-refractivity contribution in [2.45, 2.75) is 24.3 Å². The largest absolute Gasteiger partial charge is 0.298 e. The molecule has 1 atom stereocenters. The molecule has 0 saturated carbocycles. The van der Waals surface area contributed by atoms with E-state index in [9.17, 15) is 13.2 Å². The van der Waals surface area contributed by atoms with Crippen LogP contribution in [0.5, 0.6) is 0 Å². The number of Topliss-reactive ketones (excluding diaryl/α,β-unsaturated/α-hetero) is 1. The highest BCUT2D eigenvalue weighted by molar-refractivity contribution is 9.10. The average Bonchev–Trinajstić information content (AvgIpc) is 2.91. The normalized spacial score (nSPS) is 19.2. The molecule has 3 rings (SSSR count). The van der Waals surface area contributed by atoms with Gasteiger partial charge >= 0.3 is 0 Å². The van der Waals surface area contributed by atoms with Crippen molar-refractivity contribution in [1.82, 2.24) is 4.31 Å². The van der Waals surface area contributed by atoms with Crippen LogP contribution < -0.4 is 0 Å². The van der Waals surface area contributed by atoms with Crippen LogP contribution in [-0.2, 0) is 14.8 Å². The first kappa shape index (κ1) is 16.4. The van der Waals surface area contributed by atoms with Gasteiger partial charge in [0, 0.05) is 10.9 Å². The van der Waals surface area contributed by atoms with Crippen molar-refractivity contribution in [3.05, 3.63) is 64.1 Å². The second-order valence-electron chi connectivity index (χ2n) is 5.67. The number of benzene rings is 2. The van der Waals surface area contributed by atoms with E-state index in [1.54, 1.807) is 24.3 Å². The van der Waals surface area contributed by atoms with Gasteiger partial charge in [-0.25, -0.2) is 8.42 Å². The Kier molecular flexibility index (Phi) is 4.40. The minimum Gasteiger partial charge on any atom is -0.298 e. The second-order valence-corrected chi connectivity index (χ2v) is 8.48. The summed E-state index contributed by atoms with van der Waals surface area (Å²) in [4.78, 5) is 12.1. The molecule has 1 aliphatic heterocycles. The van der Waals surface area contributed by atoms with Gasteiger partial charge in [-0.1, -0.05) is 45.8 Å². The average molecular weight is 394 g/mol. The summed E-state index contributed by atoms with van der Waals surface area (Å²) in [5.41, 5.74) is 1.82. The smallest absolute Gasteiger partial charge is 0.244 e. The first-order chi connectivity index (χ1) is 10.9. The van der Waals surface area contributed by atoms with Crippen LogP contribution >= 0.6 is 15.9 Å². The molecule has 120 valence electrons. The Labute approximate surface area is 144 Å². The maximum Gasteiger partial charge on any atom is 0.244 e. The minimum atomic E-state index is -3.70. The molecule has 0 N–H and O–H groups in total. The van der Waals surface area contributed by atoms with E-state index in [0.717, 1.165) is 15.6 Å². The number of nitrogens with zero attached hydrogens (tertiary/aromatic N) is 1. The number of hydrogen-bond acceptors (Lipinski definition) is 3. The summed E-state index contributed by atoms with van der Waals surface area (Å²) in [5, 5.41) is 0. The topological polar surface area (TPSA) is 54.5 Å². The molecule has 2 aromatic rings. The Balaban J connectivity index is 2.00. The third-order valence-electron chi connectivity index (χ3n) is 3.98. The number of halogens is 1. The first-order valence-corrected chi connectivity index (χ1v) is 9.47. The number of rotatable bonds is 3. The van der Waals surface area contributed by atoms with E-state index in [0.29, 0.717) is 0 Å². The molecule has 1 unspecified atom stereocenters. The lowest BCUT2D eigenvalue weighted by Crippen LogP contribution is -2.31. The van der Waals surface area contributed by atoms with Gasteiger partial charge in [-0.3, -0.25) is 4.79 Å². The molecule has 0 aromatic heterocycles. The maximum atomic E-state index is 12.9. The monoisotopic (exact) mass is 393 g/mol. The first-order valence-electron chi connectivity index (χ1n) is 7.23. The standard InChI is InChI=1S/C17H16BrNO3S/c1-12-2-8-16(9-3-12)23(21,22)19-11-15(20)10-17(19)13-4-6-14(18)7-5-13/h2-9,17H,10-11H2,1H3. The van der Waals surface area contributed by atoms with Crippen molar-refractivity contribution < 1.29 is 13.2 Å². The number of ketones is 1. The Morgan fingerprint density at radius 2 is 1.65 bits per heavy atom. The zero-order valence-electron chi connectivity index (χ0n) is 12.6. The van der Waals surface area contributed by atoms with Crippen molar-refractivity contribution in [3.8, 4) is 0 Å². The summed E-state index contributed by atoms with van der Waals surface area (Å²) in [5.74, 6) is -0.0615. The summed E-state index contributed by atoms with van der Waals surface area (Å²) in [6, 6.07) is 13.7. The van der Waals surface area contributed by atoms with Gasteiger partial charge in [0.1, 0.15) is 5.78 Å². The number of carbonyl (C=O) groups is 1. The molecule has 1 saturated heterocycles. The third kappa shape index (κ3) is 3.24. The highest BCUT2D eigenvalue weighted by Crippen LogP contribution is 2.35. The molecule has 1 aliphatic rings. The van der Waals surface area contributed by atoms with Gasteiger partial charge in [0.2, 0.25) is 10.0 Å². The molecule has 0 amide bonds. The molecule has 0 radical (unpaired) electrons. The molecule has 4 nitrogen and oxygen atoms in total. The van der Waals surface area contributed by atoms with Crippen LogP contribution in [0.2, 0.25) is 0 Å². The molecular weight excluding hydrogens is 378 g/mol. The zero-order chi connectivity index (χ0) is 16.6. The van der Waals surface area contributed by atoms with E-state index in [-0.39, 0.29) is 23.6 Å². The van der Waals surface area contributed by atoms with E-state index in [4.69, 9.17) is 0 Å². The summed E-state index contributed by atoms with van der Waals surface area (Å²) < 4.78 is 28.0. The molecule has 1 heterocycles. The SMILES string of the molecule is Cc1ccc(S(=O)(=O)N2CC(=O)CC2c2ccc(Br)cc2)cc1. The van der Waals surface area contributed by atoms with Crippen LogP contribution in [0.25, 0.3) is 0 Å². The quantitative estimate of drug-likeness (QED) is 0.801. The van der Waals surface area contributed by atoms with Gasteiger partial charge in [0.15, 0.2) is 0 Å². The summed E-state index contributed by atoms with van der Waals surface area (Å²) in [7, 11) is -3.70. The van der Waals surface area contributed by atoms with Crippen LogP contribution in [-0.4, -0.2) is 25.1 Å². The van der Waals surface area contributed by atoms with E-state index >= 15 is 0 Å². The van der Waals surface area contributed by atoms with Gasteiger partial charge in [-0.15, -0.1) is 0 Å². The fourth-order valence-electron chi connectivity index (χ4n) is 2.73. The van der Waals surface area contributed by atoms with Crippen LogP contribution in [0.3, 0.4) is 0 Å². The van der Waals surface area contributed by atoms with Gasteiger partial charge in [-0.2, -0.15) is 4.31 Å². The van der Waals surface area contributed by atoms with Crippen LogP contribution in [0.1, 0.15) is 23.6 Å². The Hall–Kier alpha value is -1.50. The van der Waals surface area contributed by atoms with E-state index in [2.05, 4.69) is 15.9 Å². The molecule has 0 aliphatic carbocycles. The molecule has 0 bridgehead atoms. The Morgan fingerprint density at radius 3 is 2.26 bits per heavy atom. The predicted molar refractivity (Wildman–Crippen MR) is 91.6 cm³/mol. The minimum absolute atomic E-state index is 0.0615. The van der Waals surface area contributed by atoms with Crippen molar-refractivity contribution in [2.24, 2.45) is 0 Å². The molecule has 0 spiro atoms. The molecular formula is C17H16BrNO3S. The predicted octanol–water partition coefficient (Wildman–Crippen LogP) is 3.46. The van der Waals surface area contributed by atoms with Crippen molar-refractivity contribution in [1.29, 1.82) is 0 Å². The van der Waals surface area contributed by atoms with Gasteiger partial charge < -0.3 is 0 Å². The number of aryl methyl sites for hydroxylation is 1. The van der Waals surface area contributed by atoms with Gasteiger partial charge in [0.05, 0.1) is 17.5 Å². The number of sulfonamides is 1. The highest BCUT2D eigenvalue weighted by atomic mass is 79.9. The van der Waals surface area contributed by atoms with E-state index < -0.39 is 16.1 Å². The van der Waals surface area contributed by atoms with Gasteiger partial charge in [-0.05, 0) is 36.8 Å². The summed E-state index contributed by atoms with van der Waals surface area (Å²) in [6.07, 6.45) is 0.215. The fourth-order valence-corrected chi connectivity index (χ4v) is 4.59. The van der Waals surface area contributed by atoms with Crippen molar-refractivity contribution in [3.63, 3.8) is 0 Å². The molecule has 6 heteroatoms. The molecule has 23 heavy (non-hydrogen) atoms. The van der Waals surface area contributed by atoms with Crippen LogP contribution in [0, 0.1) is 6.92 Å². The maximum absolute atomic E-state index is 12.9. The lowest BCUT2D eigenvalue weighted by Gasteiger charge is -2.23. The second kappa shape index (κ2) is 6.19. The third-order valence-corrected chi connectivity index (χ3v) is 6.38. The van der Waals surface area contributed by atoms with E-state index in [1.807, 2.05) is 31.2 Å². The summed E-state index contributed by atoms with van der Waals surface area (Å²) >= 11 is 3.37. The number of carbonyl (C=O) groups excluding carboxylic acids is 1. The lowest BCUT2D eigenvalue weighted by atomic mass is 10.1. The van der Waals surface area contributed by atoms with Crippen LogP contribution in [0.15, 0.2) is 57.9 Å². The zero-order valence-corrected chi connectivity index (χ0v) is 15.0. The van der Waals surface area contributed by atoms with Crippen LogP contribution in [0.4, 0.5) is 0 Å². The highest BCUT2D eigenvalue weighted by Gasteiger charge is 2.40. The molecule has 2 aromatic carbocycles.